The van der Waals surface area contributed by atoms with Crippen LogP contribution in [0, 0.1) is 6.92 Å². The van der Waals surface area contributed by atoms with E-state index in [1.165, 1.54) is 0 Å². The van der Waals surface area contributed by atoms with Crippen molar-refractivity contribution < 1.29 is 17.9 Å². The minimum atomic E-state index is -3.84. The summed E-state index contributed by atoms with van der Waals surface area (Å²) in [5.41, 5.74) is 5.15. The summed E-state index contributed by atoms with van der Waals surface area (Å²) in [5, 5.41) is 0. The van der Waals surface area contributed by atoms with Crippen molar-refractivity contribution in [2.24, 2.45) is 0 Å². The molecule has 0 saturated heterocycles. The number of nitrogens with zero attached hydrogens (tertiary/aromatic N) is 1. The Hall–Kier alpha value is -4.04. The molecule has 0 aromatic heterocycles. The molecule has 7 heteroatoms. The van der Waals surface area contributed by atoms with Gasteiger partial charge in [-0.3, -0.25) is 0 Å². The van der Waals surface area contributed by atoms with Crippen LogP contribution < -0.4 is 9.47 Å². The van der Waals surface area contributed by atoms with Gasteiger partial charge in [0.15, 0.2) is 0 Å². The zero-order chi connectivity index (χ0) is 31.0. The topological polar surface area (TPSA) is 55.8 Å². The number of ether oxygens (including phenoxy) is 2. The maximum Gasteiger partial charge on any atom is 0.243 e. The summed E-state index contributed by atoms with van der Waals surface area (Å²) in [7, 11) is -0.655. The van der Waals surface area contributed by atoms with Gasteiger partial charge in [-0.2, -0.15) is 4.31 Å². The first kappa shape index (κ1) is 31.4. The fourth-order valence-corrected chi connectivity index (χ4v) is 8.45. The molecule has 5 rings (SSSR count). The molecule has 0 spiro atoms. The zero-order valence-corrected chi connectivity index (χ0v) is 26.9. The van der Waals surface area contributed by atoms with Crippen LogP contribution in [0.5, 0.6) is 11.5 Å². The van der Waals surface area contributed by atoms with Gasteiger partial charge >= 0.3 is 0 Å². The van der Waals surface area contributed by atoms with Crippen LogP contribution in [0.15, 0.2) is 138 Å². The summed E-state index contributed by atoms with van der Waals surface area (Å²) in [6.45, 7) is 2.38. The normalized spacial score (nSPS) is 11.8. The second kappa shape index (κ2) is 14.2. The molecule has 0 N–H and O–H groups in total. The van der Waals surface area contributed by atoms with Gasteiger partial charge in [0, 0.05) is 30.5 Å². The molecule has 0 amide bonds. The van der Waals surface area contributed by atoms with Crippen LogP contribution in [0.25, 0.3) is 0 Å². The molecule has 5 aromatic carbocycles. The summed E-state index contributed by atoms with van der Waals surface area (Å²) >= 11 is 1.74. The minimum absolute atomic E-state index is 0.152. The van der Waals surface area contributed by atoms with E-state index in [1.807, 2.05) is 49.4 Å². The van der Waals surface area contributed by atoms with Crippen LogP contribution >= 0.6 is 11.8 Å². The Bertz CT molecular complexity index is 1650. The molecule has 0 aliphatic heterocycles. The standard InChI is InChI=1S/C37H37NO4S2/c1-29-19-23-35(24-20-29)44(39,40)38(28-30-21-22-34(41-2)27-36(30)42-3)25-26-43-37(31-13-7-4-8-14-31,32-15-9-5-10-16-32)33-17-11-6-12-18-33/h4-24,27H,25-26,28H2,1-3H3. The number of benzene rings is 5. The second-order valence-corrected chi connectivity index (χ2v) is 13.7. The van der Waals surface area contributed by atoms with Crippen molar-refractivity contribution in [1.82, 2.24) is 4.31 Å². The van der Waals surface area contributed by atoms with Gasteiger partial charge in [0.25, 0.3) is 0 Å². The van der Waals surface area contributed by atoms with Crippen molar-refractivity contribution in [3.8, 4) is 11.5 Å². The minimum Gasteiger partial charge on any atom is -0.497 e. The average molecular weight is 624 g/mol. The molecule has 0 atom stereocenters. The second-order valence-electron chi connectivity index (χ2n) is 10.5. The van der Waals surface area contributed by atoms with Crippen LogP contribution in [0.2, 0.25) is 0 Å². The number of hydrogen-bond donors (Lipinski definition) is 0. The van der Waals surface area contributed by atoms with Gasteiger partial charge in [0.2, 0.25) is 10.0 Å². The molecule has 0 aliphatic rings. The Labute approximate surface area is 265 Å². The highest BCUT2D eigenvalue weighted by Crippen LogP contribution is 2.48. The molecule has 0 unspecified atom stereocenters. The lowest BCUT2D eigenvalue weighted by Gasteiger charge is -2.36. The summed E-state index contributed by atoms with van der Waals surface area (Å²) in [6, 6.07) is 43.8. The maximum absolute atomic E-state index is 14.2. The lowest BCUT2D eigenvalue weighted by molar-refractivity contribution is 0.377. The number of thioether (sulfide) groups is 1. The first-order chi connectivity index (χ1) is 21.4. The molecule has 44 heavy (non-hydrogen) atoms. The molecular weight excluding hydrogens is 587 g/mol. The van der Waals surface area contributed by atoms with Gasteiger partial charge in [-0.05, 0) is 41.8 Å². The first-order valence-electron chi connectivity index (χ1n) is 14.5. The molecular formula is C37H37NO4S2. The van der Waals surface area contributed by atoms with Crippen molar-refractivity contribution in [3.05, 3.63) is 161 Å². The highest BCUT2D eigenvalue weighted by molar-refractivity contribution is 8.00. The lowest BCUT2D eigenvalue weighted by atomic mass is 9.84. The fraction of sp³-hybridized carbons (Fsp3) is 0.189. The van der Waals surface area contributed by atoms with Gasteiger partial charge in [-0.15, -0.1) is 11.8 Å². The molecule has 0 heterocycles. The van der Waals surface area contributed by atoms with E-state index in [2.05, 4.69) is 72.8 Å². The van der Waals surface area contributed by atoms with Gasteiger partial charge in [-0.25, -0.2) is 8.42 Å². The monoisotopic (exact) mass is 623 g/mol. The van der Waals surface area contributed by atoms with Crippen molar-refractivity contribution in [2.75, 3.05) is 26.5 Å². The molecule has 5 aromatic rings. The quantitative estimate of drug-likeness (QED) is 0.125. The first-order valence-corrected chi connectivity index (χ1v) is 16.9. The molecule has 0 radical (unpaired) electrons. The van der Waals surface area contributed by atoms with Crippen LogP contribution in [-0.4, -0.2) is 39.2 Å². The third-order valence-corrected chi connectivity index (χ3v) is 11.1. The van der Waals surface area contributed by atoms with Crippen molar-refractivity contribution in [2.45, 2.75) is 23.1 Å². The predicted molar refractivity (Wildman–Crippen MR) is 180 cm³/mol. The number of sulfonamides is 1. The van der Waals surface area contributed by atoms with E-state index in [4.69, 9.17) is 9.47 Å². The van der Waals surface area contributed by atoms with Crippen LogP contribution in [-0.2, 0) is 21.3 Å². The molecule has 5 nitrogen and oxygen atoms in total. The van der Waals surface area contributed by atoms with E-state index < -0.39 is 14.8 Å². The van der Waals surface area contributed by atoms with E-state index >= 15 is 0 Å². The highest BCUT2D eigenvalue weighted by Gasteiger charge is 2.37. The number of aryl methyl sites for hydroxylation is 1. The molecule has 0 saturated carbocycles. The molecule has 0 fully saturated rings. The smallest absolute Gasteiger partial charge is 0.243 e. The van der Waals surface area contributed by atoms with Crippen LogP contribution in [0.4, 0.5) is 0 Å². The number of rotatable bonds is 13. The van der Waals surface area contributed by atoms with E-state index in [-0.39, 0.29) is 18.0 Å². The van der Waals surface area contributed by atoms with Crippen LogP contribution in [0.3, 0.4) is 0 Å². The largest absolute Gasteiger partial charge is 0.497 e. The Kier molecular flexibility index (Phi) is 10.1. The SMILES string of the molecule is COc1ccc(CN(CCSC(c2ccccc2)(c2ccccc2)c2ccccc2)S(=O)(=O)c2ccc(C)cc2)c(OC)c1. The van der Waals surface area contributed by atoms with Crippen molar-refractivity contribution in [1.29, 1.82) is 0 Å². The molecule has 0 bridgehead atoms. The Morgan fingerprint density at radius 3 is 1.68 bits per heavy atom. The van der Waals surface area contributed by atoms with E-state index in [0.29, 0.717) is 17.3 Å². The van der Waals surface area contributed by atoms with Crippen molar-refractivity contribution in [3.63, 3.8) is 0 Å². The Morgan fingerprint density at radius 2 is 1.20 bits per heavy atom. The summed E-state index contributed by atoms with van der Waals surface area (Å²) in [4.78, 5) is 0.265. The van der Waals surface area contributed by atoms with E-state index in [1.54, 1.807) is 48.5 Å². The van der Waals surface area contributed by atoms with E-state index in [0.717, 1.165) is 27.8 Å². The molecule has 0 aliphatic carbocycles. The molecule has 226 valence electrons. The average Bonchev–Trinajstić information content (AvgIpc) is 3.07. The van der Waals surface area contributed by atoms with Crippen molar-refractivity contribution >= 4 is 21.8 Å². The summed E-state index contributed by atoms with van der Waals surface area (Å²) in [6.07, 6.45) is 0. The van der Waals surface area contributed by atoms with Gasteiger partial charge in [0.05, 0.1) is 23.9 Å². The zero-order valence-electron chi connectivity index (χ0n) is 25.2. The Morgan fingerprint density at radius 1 is 0.682 bits per heavy atom. The maximum atomic E-state index is 14.2. The van der Waals surface area contributed by atoms with Gasteiger partial charge in [-0.1, -0.05) is 115 Å². The third-order valence-electron chi connectivity index (χ3n) is 7.70. The summed E-state index contributed by atoms with van der Waals surface area (Å²) in [5.74, 6) is 1.75. The number of hydrogen-bond acceptors (Lipinski definition) is 5. The van der Waals surface area contributed by atoms with E-state index in [9.17, 15) is 8.42 Å². The highest BCUT2D eigenvalue weighted by atomic mass is 32.2. The summed E-state index contributed by atoms with van der Waals surface area (Å²) < 4.78 is 40.4. The predicted octanol–water partition coefficient (Wildman–Crippen LogP) is 7.93. The van der Waals surface area contributed by atoms with Crippen LogP contribution in [0.1, 0.15) is 27.8 Å². The van der Waals surface area contributed by atoms with Gasteiger partial charge < -0.3 is 9.47 Å². The lowest BCUT2D eigenvalue weighted by Crippen LogP contribution is -2.34. The number of methoxy groups -OCH3 is 2. The van der Waals surface area contributed by atoms with Gasteiger partial charge in [0.1, 0.15) is 11.5 Å². The fourth-order valence-electron chi connectivity index (χ4n) is 5.39. The third kappa shape index (κ3) is 6.70. The Balaban J connectivity index is 1.55.